The van der Waals surface area contributed by atoms with Gasteiger partial charge in [-0.25, -0.2) is 0 Å². The zero-order valence-corrected chi connectivity index (χ0v) is 10.6. The third-order valence-corrected chi connectivity index (χ3v) is 3.54. The summed E-state index contributed by atoms with van der Waals surface area (Å²) in [5.41, 5.74) is 0. The first-order valence-corrected chi connectivity index (χ1v) is 6.56. The third kappa shape index (κ3) is 4.52. The van der Waals surface area contributed by atoms with Crippen molar-refractivity contribution in [1.82, 2.24) is 5.32 Å². The van der Waals surface area contributed by atoms with Crippen molar-refractivity contribution in [3.05, 3.63) is 0 Å². The van der Waals surface area contributed by atoms with Gasteiger partial charge in [0.15, 0.2) is 0 Å². The van der Waals surface area contributed by atoms with Crippen molar-refractivity contribution in [2.45, 2.75) is 64.5 Å². The molecule has 1 fully saturated rings. The van der Waals surface area contributed by atoms with Gasteiger partial charge in [-0.2, -0.15) is 0 Å². The van der Waals surface area contributed by atoms with Crippen LogP contribution in [0.25, 0.3) is 0 Å². The van der Waals surface area contributed by atoms with Crippen LogP contribution in [0.4, 0.5) is 0 Å². The summed E-state index contributed by atoms with van der Waals surface area (Å²) in [6.45, 7) is 5.41. The van der Waals surface area contributed by atoms with Crippen molar-refractivity contribution in [3.8, 4) is 0 Å². The van der Waals surface area contributed by atoms with Crippen molar-refractivity contribution in [2.75, 3.05) is 13.7 Å². The fourth-order valence-electron chi connectivity index (χ4n) is 2.54. The lowest BCUT2D eigenvalue weighted by Gasteiger charge is -2.21. The van der Waals surface area contributed by atoms with Crippen LogP contribution in [0.5, 0.6) is 0 Å². The van der Waals surface area contributed by atoms with Gasteiger partial charge in [0.1, 0.15) is 0 Å². The summed E-state index contributed by atoms with van der Waals surface area (Å²) in [5.74, 6) is 0.742. The molecule has 0 bridgehead atoms. The van der Waals surface area contributed by atoms with Crippen LogP contribution in [0, 0.1) is 5.92 Å². The topological polar surface area (TPSA) is 21.3 Å². The summed E-state index contributed by atoms with van der Waals surface area (Å²) in [6.07, 6.45) is 8.49. The molecule has 1 N–H and O–H groups in total. The van der Waals surface area contributed by atoms with Crippen LogP contribution in [0.15, 0.2) is 0 Å². The maximum Gasteiger partial charge on any atom is 0.0551 e. The first kappa shape index (κ1) is 13.0. The quantitative estimate of drug-likeness (QED) is 0.656. The molecular weight excluding hydrogens is 186 g/mol. The zero-order chi connectivity index (χ0) is 11.1. The predicted octanol–water partition coefficient (Wildman–Crippen LogP) is 2.97. The minimum atomic E-state index is 0.474. The molecule has 3 unspecified atom stereocenters. The first-order chi connectivity index (χ1) is 7.27. The predicted molar refractivity (Wildman–Crippen MR) is 65.1 cm³/mol. The van der Waals surface area contributed by atoms with E-state index in [1.54, 1.807) is 0 Å². The van der Waals surface area contributed by atoms with Gasteiger partial charge < -0.3 is 10.1 Å². The van der Waals surface area contributed by atoms with Crippen LogP contribution in [-0.4, -0.2) is 25.8 Å². The minimum absolute atomic E-state index is 0.474. The Labute approximate surface area is 94.8 Å². The maximum absolute atomic E-state index is 5.64. The normalized spacial score (nSPS) is 28.2. The molecule has 0 amide bonds. The molecule has 1 rings (SSSR count). The highest BCUT2D eigenvalue weighted by atomic mass is 16.5. The zero-order valence-electron chi connectivity index (χ0n) is 10.6. The average molecular weight is 213 g/mol. The van der Waals surface area contributed by atoms with Crippen molar-refractivity contribution in [1.29, 1.82) is 0 Å². The van der Waals surface area contributed by atoms with Gasteiger partial charge in [-0.3, -0.25) is 0 Å². The number of rotatable bonds is 7. The van der Waals surface area contributed by atoms with Gasteiger partial charge in [-0.05, 0) is 26.8 Å². The van der Waals surface area contributed by atoms with Crippen molar-refractivity contribution in [2.24, 2.45) is 5.92 Å². The van der Waals surface area contributed by atoms with E-state index in [0.717, 1.165) is 12.5 Å². The summed E-state index contributed by atoms with van der Waals surface area (Å²) in [7, 11) is 2.09. The lowest BCUT2D eigenvalue weighted by Crippen LogP contribution is -2.33. The minimum Gasteiger partial charge on any atom is -0.378 e. The number of ether oxygens (including phenoxy) is 1. The molecule has 0 aromatic carbocycles. The van der Waals surface area contributed by atoms with E-state index in [-0.39, 0.29) is 0 Å². The summed E-state index contributed by atoms with van der Waals surface area (Å²) in [5, 5.41) is 3.46. The smallest absolute Gasteiger partial charge is 0.0551 e. The summed E-state index contributed by atoms with van der Waals surface area (Å²) < 4.78 is 5.64. The number of hydrogen-bond acceptors (Lipinski definition) is 2. The van der Waals surface area contributed by atoms with Crippen molar-refractivity contribution in [3.63, 3.8) is 0 Å². The SMILES string of the molecule is CCCCCCC(NC)C1COC(C)C1. The van der Waals surface area contributed by atoms with Crippen molar-refractivity contribution >= 4 is 0 Å². The summed E-state index contributed by atoms with van der Waals surface area (Å²) >= 11 is 0. The Balaban J connectivity index is 2.17. The second-order valence-electron chi connectivity index (χ2n) is 4.88. The monoisotopic (exact) mass is 213 g/mol. The van der Waals surface area contributed by atoms with E-state index < -0.39 is 0 Å². The molecule has 0 radical (unpaired) electrons. The Bertz CT molecular complexity index is 161. The largest absolute Gasteiger partial charge is 0.378 e. The van der Waals surface area contributed by atoms with E-state index in [1.165, 1.54) is 38.5 Å². The van der Waals surface area contributed by atoms with Gasteiger partial charge in [-0.1, -0.05) is 32.6 Å². The Hall–Kier alpha value is -0.0800. The molecule has 0 saturated carbocycles. The molecule has 90 valence electrons. The van der Waals surface area contributed by atoms with Gasteiger partial charge in [0.25, 0.3) is 0 Å². The highest BCUT2D eigenvalue weighted by Crippen LogP contribution is 2.24. The van der Waals surface area contributed by atoms with Crippen LogP contribution in [0.1, 0.15) is 52.4 Å². The van der Waals surface area contributed by atoms with E-state index >= 15 is 0 Å². The first-order valence-electron chi connectivity index (χ1n) is 6.56. The molecule has 2 nitrogen and oxygen atoms in total. The Morgan fingerprint density at radius 1 is 1.33 bits per heavy atom. The van der Waals surface area contributed by atoms with E-state index in [2.05, 4.69) is 26.2 Å². The van der Waals surface area contributed by atoms with Gasteiger partial charge in [0, 0.05) is 12.0 Å². The van der Waals surface area contributed by atoms with Crippen LogP contribution in [0.2, 0.25) is 0 Å². The molecule has 1 aliphatic heterocycles. The molecular formula is C13H27NO. The number of hydrogen-bond donors (Lipinski definition) is 1. The lowest BCUT2D eigenvalue weighted by molar-refractivity contribution is 0.116. The summed E-state index contributed by atoms with van der Waals surface area (Å²) in [6, 6.07) is 0.673. The molecule has 0 spiro atoms. The molecule has 0 aromatic rings. The highest BCUT2D eigenvalue weighted by molar-refractivity contribution is 4.81. The second-order valence-corrected chi connectivity index (χ2v) is 4.88. The van der Waals surface area contributed by atoms with Crippen LogP contribution in [0.3, 0.4) is 0 Å². The molecule has 3 atom stereocenters. The highest BCUT2D eigenvalue weighted by Gasteiger charge is 2.28. The van der Waals surface area contributed by atoms with Crippen molar-refractivity contribution < 1.29 is 4.74 Å². The van der Waals surface area contributed by atoms with E-state index in [0.29, 0.717) is 12.1 Å². The Morgan fingerprint density at radius 2 is 2.13 bits per heavy atom. The third-order valence-electron chi connectivity index (χ3n) is 3.54. The Morgan fingerprint density at radius 3 is 2.67 bits per heavy atom. The molecule has 1 aliphatic rings. The van der Waals surface area contributed by atoms with Crippen LogP contribution >= 0.6 is 0 Å². The molecule has 0 aliphatic carbocycles. The molecule has 15 heavy (non-hydrogen) atoms. The maximum atomic E-state index is 5.64. The Kier molecular flexibility index (Phi) is 6.26. The standard InChI is InChI=1S/C13H27NO/c1-4-5-6-7-8-13(14-3)12-9-11(2)15-10-12/h11-14H,4-10H2,1-3H3. The van der Waals surface area contributed by atoms with Gasteiger partial charge in [0.2, 0.25) is 0 Å². The molecule has 0 aromatic heterocycles. The molecule has 1 saturated heterocycles. The average Bonchev–Trinajstić information content (AvgIpc) is 2.65. The van der Waals surface area contributed by atoms with Crippen LogP contribution in [-0.2, 0) is 4.74 Å². The van der Waals surface area contributed by atoms with Gasteiger partial charge >= 0.3 is 0 Å². The van der Waals surface area contributed by atoms with E-state index in [9.17, 15) is 0 Å². The van der Waals surface area contributed by atoms with E-state index in [4.69, 9.17) is 4.74 Å². The lowest BCUT2D eigenvalue weighted by atomic mass is 9.92. The van der Waals surface area contributed by atoms with Crippen LogP contribution < -0.4 is 5.32 Å². The number of unbranched alkanes of at least 4 members (excludes halogenated alkanes) is 3. The molecule has 2 heteroatoms. The fraction of sp³-hybridized carbons (Fsp3) is 1.00. The summed E-state index contributed by atoms with van der Waals surface area (Å²) in [4.78, 5) is 0. The second kappa shape index (κ2) is 7.24. The fourth-order valence-corrected chi connectivity index (χ4v) is 2.54. The molecule has 1 heterocycles. The number of nitrogens with one attached hydrogen (secondary N) is 1. The van der Waals surface area contributed by atoms with Gasteiger partial charge in [-0.15, -0.1) is 0 Å². The van der Waals surface area contributed by atoms with Gasteiger partial charge in [0.05, 0.1) is 12.7 Å². The van der Waals surface area contributed by atoms with E-state index in [1.807, 2.05) is 0 Å².